The molecular weight excluding hydrogens is 216 g/mol. The van der Waals surface area contributed by atoms with E-state index in [0.717, 1.165) is 25.8 Å². The second kappa shape index (κ2) is 5.45. The second-order valence-corrected chi connectivity index (χ2v) is 4.52. The van der Waals surface area contributed by atoms with E-state index in [0.29, 0.717) is 18.3 Å². The maximum Gasteiger partial charge on any atom is 0.227 e. The molecule has 0 amide bonds. The smallest absolute Gasteiger partial charge is 0.227 e. The summed E-state index contributed by atoms with van der Waals surface area (Å²) in [5.74, 6) is 1.01. The van der Waals surface area contributed by atoms with Crippen LogP contribution in [0.5, 0.6) is 0 Å². The molecule has 94 valence electrons. The number of ketones is 1. The summed E-state index contributed by atoms with van der Waals surface area (Å²) in [7, 11) is 0. The Morgan fingerprint density at radius 2 is 2.35 bits per heavy atom. The molecule has 0 radical (unpaired) electrons. The molecule has 0 bridgehead atoms. The molecule has 1 saturated carbocycles. The van der Waals surface area contributed by atoms with Gasteiger partial charge in [-0.1, -0.05) is 6.92 Å². The van der Waals surface area contributed by atoms with Crippen LogP contribution in [0.25, 0.3) is 0 Å². The number of rotatable bonds is 7. The number of hydrogen-bond donors (Lipinski definition) is 0. The lowest BCUT2D eigenvalue weighted by Gasteiger charge is -2.15. The highest BCUT2D eigenvalue weighted by molar-refractivity contribution is 5.97. The zero-order valence-corrected chi connectivity index (χ0v) is 10.6. The fourth-order valence-corrected chi connectivity index (χ4v) is 2.09. The minimum atomic E-state index is -0.280. The lowest BCUT2D eigenvalue weighted by Crippen LogP contribution is -2.29. The van der Waals surface area contributed by atoms with Gasteiger partial charge < -0.3 is 9.30 Å². The van der Waals surface area contributed by atoms with Crippen molar-refractivity contribution >= 4 is 5.78 Å². The van der Waals surface area contributed by atoms with Crippen molar-refractivity contribution in [2.45, 2.75) is 45.8 Å². The number of hydrogen-bond acceptors (Lipinski definition) is 3. The van der Waals surface area contributed by atoms with Crippen molar-refractivity contribution in [3.05, 3.63) is 18.2 Å². The Hall–Kier alpha value is -1.16. The van der Waals surface area contributed by atoms with Crippen LogP contribution in [0.1, 0.15) is 43.7 Å². The molecular formula is C13H20N2O2. The maximum absolute atomic E-state index is 12.4. The molecule has 1 heterocycles. The van der Waals surface area contributed by atoms with Gasteiger partial charge in [0.25, 0.3) is 0 Å². The number of carbonyl (C=O) groups is 1. The Balaban J connectivity index is 2.13. The predicted molar refractivity (Wildman–Crippen MR) is 65.0 cm³/mol. The van der Waals surface area contributed by atoms with Crippen molar-refractivity contribution in [2.75, 3.05) is 6.61 Å². The van der Waals surface area contributed by atoms with Crippen LogP contribution in [0, 0.1) is 5.92 Å². The maximum atomic E-state index is 12.4. The quantitative estimate of drug-likeness (QED) is 0.682. The minimum Gasteiger partial charge on any atom is -0.370 e. The summed E-state index contributed by atoms with van der Waals surface area (Å²) >= 11 is 0. The van der Waals surface area contributed by atoms with Crippen molar-refractivity contribution in [1.29, 1.82) is 0 Å². The summed E-state index contributed by atoms with van der Waals surface area (Å²) in [5, 5.41) is 0. The third kappa shape index (κ3) is 2.75. The molecule has 0 aliphatic heterocycles. The average molecular weight is 236 g/mol. The molecule has 4 heteroatoms. The molecule has 1 fully saturated rings. The highest BCUT2D eigenvalue weighted by atomic mass is 16.5. The molecule has 0 N–H and O–H groups in total. The first kappa shape index (κ1) is 12.3. The predicted octanol–water partition coefficient (Wildman–Crippen LogP) is 2.29. The Bertz CT molecular complexity index is 383. The van der Waals surface area contributed by atoms with Crippen LogP contribution in [0.15, 0.2) is 12.4 Å². The number of carbonyl (C=O) groups excluding carboxylic acids is 1. The van der Waals surface area contributed by atoms with Gasteiger partial charge >= 0.3 is 0 Å². The summed E-state index contributed by atoms with van der Waals surface area (Å²) in [6.45, 7) is 5.45. The van der Waals surface area contributed by atoms with Crippen LogP contribution in [0.2, 0.25) is 0 Å². The Labute approximate surface area is 102 Å². The summed E-state index contributed by atoms with van der Waals surface area (Å²) in [6.07, 6.45) is 6.48. The summed E-state index contributed by atoms with van der Waals surface area (Å²) in [5.41, 5.74) is 0. The van der Waals surface area contributed by atoms with E-state index in [9.17, 15) is 4.79 Å². The molecule has 1 atom stereocenters. The standard InChI is InChI=1S/C13H20N2O2/c1-3-8-15-9-7-14-13(15)11(16)12(17-4-2)10-5-6-10/h7,9-10,12H,3-6,8H2,1-2H3. The average Bonchev–Trinajstić information content (AvgIpc) is 3.06. The highest BCUT2D eigenvalue weighted by Gasteiger charge is 2.38. The van der Waals surface area contributed by atoms with Crippen molar-refractivity contribution in [3.63, 3.8) is 0 Å². The van der Waals surface area contributed by atoms with Gasteiger partial charge in [-0.25, -0.2) is 4.98 Å². The van der Waals surface area contributed by atoms with E-state index in [2.05, 4.69) is 11.9 Å². The number of imidazole rings is 1. The van der Waals surface area contributed by atoms with E-state index in [4.69, 9.17) is 4.74 Å². The lowest BCUT2D eigenvalue weighted by atomic mass is 10.1. The number of Topliss-reactive ketones (excluding diaryl/α,β-unsaturated/α-hetero) is 1. The third-order valence-electron chi connectivity index (χ3n) is 3.06. The van der Waals surface area contributed by atoms with E-state index in [1.54, 1.807) is 6.20 Å². The van der Waals surface area contributed by atoms with Crippen LogP contribution in [0.4, 0.5) is 0 Å². The van der Waals surface area contributed by atoms with Gasteiger partial charge in [-0.05, 0) is 32.1 Å². The molecule has 0 aromatic carbocycles. The molecule has 1 aromatic heterocycles. The van der Waals surface area contributed by atoms with Gasteiger partial charge in [0.05, 0.1) is 0 Å². The summed E-state index contributed by atoms with van der Waals surface area (Å²) in [4.78, 5) is 16.5. The van der Waals surface area contributed by atoms with E-state index >= 15 is 0 Å². The molecule has 0 saturated heterocycles. The monoisotopic (exact) mass is 236 g/mol. The van der Waals surface area contributed by atoms with Gasteiger partial charge in [0.2, 0.25) is 5.78 Å². The largest absolute Gasteiger partial charge is 0.370 e. The zero-order chi connectivity index (χ0) is 12.3. The van der Waals surface area contributed by atoms with Gasteiger partial charge in [-0.2, -0.15) is 0 Å². The van der Waals surface area contributed by atoms with Crippen molar-refractivity contribution < 1.29 is 9.53 Å². The second-order valence-electron chi connectivity index (χ2n) is 4.52. The van der Waals surface area contributed by atoms with Crippen LogP contribution in [0.3, 0.4) is 0 Å². The van der Waals surface area contributed by atoms with Gasteiger partial charge in [0, 0.05) is 25.5 Å². The van der Waals surface area contributed by atoms with E-state index in [-0.39, 0.29) is 11.9 Å². The summed E-state index contributed by atoms with van der Waals surface area (Å²) in [6, 6.07) is 0. The molecule has 4 nitrogen and oxygen atoms in total. The van der Waals surface area contributed by atoms with Crippen molar-refractivity contribution in [1.82, 2.24) is 9.55 Å². The number of aromatic nitrogens is 2. The molecule has 1 aliphatic rings. The minimum absolute atomic E-state index is 0.0489. The molecule has 17 heavy (non-hydrogen) atoms. The van der Waals surface area contributed by atoms with Crippen molar-refractivity contribution in [2.24, 2.45) is 5.92 Å². The van der Waals surface area contributed by atoms with Crippen LogP contribution in [-0.4, -0.2) is 28.0 Å². The van der Waals surface area contributed by atoms with E-state index < -0.39 is 0 Å². The van der Waals surface area contributed by atoms with Crippen LogP contribution in [-0.2, 0) is 11.3 Å². The summed E-state index contributed by atoms with van der Waals surface area (Å²) < 4.78 is 7.51. The Morgan fingerprint density at radius 3 is 2.94 bits per heavy atom. The number of aryl methyl sites for hydroxylation is 1. The van der Waals surface area contributed by atoms with Gasteiger partial charge in [-0.15, -0.1) is 0 Å². The Kier molecular flexibility index (Phi) is 3.94. The number of ether oxygens (including phenoxy) is 1. The molecule has 0 spiro atoms. The normalized spacial score (nSPS) is 17.1. The lowest BCUT2D eigenvalue weighted by molar-refractivity contribution is 0.0361. The van der Waals surface area contributed by atoms with Gasteiger partial charge in [0.15, 0.2) is 5.82 Å². The first-order valence-electron chi connectivity index (χ1n) is 6.44. The van der Waals surface area contributed by atoms with E-state index in [1.165, 1.54) is 0 Å². The zero-order valence-electron chi connectivity index (χ0n) is 10.6. The SMILES string of the molecule is CCCn1ccnc1C(=O)C(OCC)C1CC1. The fraction of sp³-hybridized carbons (Fsp3) is 0.692. The van der Waals surface area contributed by atoms with Crippen LogP contribution >= 0.6 is 0 Å². The Morgan fingerprint density at radius 1 is 1.59 bits per heavy atom. The van der Waals surface area contributed by atoms with Crippen molar-refractivity contribution in [3.8, 4) is 0 Å². The molecule has 1 aliphatic carbocycles. The van der Waals surface area contributed by atoms with Crippen LogP contribution < -0.4 is 0 Å². The first-order valence-corrected chi connectivity index (χ1v) is 6.44. The third-order valence-corrected chi connectivity index (χ3v) is 3.06. The molecule has 1 aromatic rings. The topological polar surface area (TPSA) is 44.1 Å². The molecule has 1 unspecified atom stereocenters. The van der Waals surface area contributed by atoms with Gasteiger partial charge in [0.1, 0.15) is 6.10 Å². The fourth-order valence-electron chi connectivity index (χ4n) is 2.09. The first-order chi connectivity index (χ1) is 8.27. The van der Waals surface area contributed by atoms with Gasteiger partial charge in [-0.3, -0.25) is 4.79 Å². The van der Waals surface area contributed by atoms with E-state index in [1.807, 2.05) is 17.7 Å². The molecule has 2 rings (SSSR count). The highest BCUT2D eigenvalue weighted by Crippen LogP contribution is 2.35. The number of nitrogens with zero attached hydrogens (tertiary/aromatic N) is 2.